The zero-order chi connectivity index (χ0) is 15.2. The van der Waals surface area contributed by atoms with Gasteiger partial charge in [-0.15, -0.1) is 11.8 Å². The molecule has 1 aromatic rings. The Hall–Kier alpha value is -1.53. The maximum atomic E-state index is 12.4. The second-order valence-corrected chi connectivity index (χ2v) is 5.87. The second kappa shape index (κ2) is 7.47. The summed E-state index contributed by atoms with van der Waals surface area (Å²) in [5.74, 6) is 0.884. The fourth-order valence-electron chi connectivity index (χ4n) is 2.13. The maximum absolute atomic E-state index is 12.4. The third-order valence-electron chi connectivity index (χ3n) is 3.22. The van der Waals surface area contributed by atoms with E-state index in [4.69, 9.17) is 4.74 Å². The van der Waals surface area contributed by atoms with E-state index in [1.807, 2.05) is 38.1 Å². The molecule has 1 aliphatic rings. The van der Waals surface area contributed by atoms with E-state index in [0.717, 1.165) is 11.3 Å². The van der Waals surface area contributed by atoms with Gasteiger partial charge in [0.1, 0.15) is 12.6 Å². The Labute approximate surface area is 129 Å². The van der Waals surface area contributed by atoms with E-state index >= 15 is 0 Å². The standard InChI is InChI=1S/C15H20N2O3S/c1-3-20-8-14(18)17-10-21-9-13(17)15(19)16-12-6-4-5-11(2)7-12/h4-7,13H,3,8-10H2,1-2H3,(H,16,19)/t13-/m1/s1. The average molecular weight is 308 g/mol. The quantitative estimate of drug-likeness (QED) is 0.902. The molecule has 2 amide bonds. The van der Waals surface area contributed by atoms with Gasteiger partial charge in [0.25, 0.3) is 0 Å². The SMILES string of the molecule is CCOCC(=O)N1CSC[C@@H]1C(=O)Nc1cccc(C)c1. The first kappa shape index (κ1) is 15.9. The number of amides is 2. The van der Waals surface area contributed by atoms with Crippen LogP contribution in [0.25, 0.3) is 0 Å². The van der Waals surface area contributed by atoms with Gasteiger partial charge in [0.15, 0.2) is 0 Å². The molecule has 0 radical (unpaired) electrons. The van der Waals surface area contributed by atoms with Gasteiger partial charge in [-0.25, -0.2) is 0 Å². The van der Waals surface area contributed by atoms with Gasteiger partial charge >= 0.3 is 0 Å². The van der Waals surface area contributed by atoms with Gasteiger partial charge < -0.3 is 15.0 Å². The number of ether oxygens (including phenoxy) is 1. The molecule has 0 aromatic heterocycles. The number of nitrogens with one attached hydrogen (secondary N) is 1. The molecule has 1 aromatic carbocycles. The molecule has 6 heteroatoms. The molecule has 0 bridgehead atoms. The van der Waals surface area contributed by atoms with E-state index in [9.17, 15) is 9.59 Å². The molecule has 2 rings (SSSR count). The van der Waals surface area contributed by atoms with Crippen molar-refractivity contribution >= 4 is 29.3 Å². The first-order chi connectivity index (χ1) is 10.1. The van der Waals surface area contributed by atoms with Crippen LogP contribution >= 0.6 is 11.8 Å². The zero-order valence-electron chi connectivity index (χ0n) is 12.3. The second-order valence-electron chi connectivity index (χ2n) is 4.88. The van der Waals surface area contributed by atoms with Crippen LogP contribution in [0.2, 0.25) is 0 Å². The fraction of sp³-hybridized carbons (Fsp3) is 0.467. The van der Waals surface area contributed by atoms with Crippen molar-refractivity contribution in [1.82, 2.24) is 4.90 Å². The summed E-state index contributed by atoms with van der Waals surface area (Å²) in [5, 5.41) is 2.88. The molecule has 0 saturated carbocycles. The third kappa shape index (κ3) is 4.22. The van der Waals surface area contributed by atoms with Crippen LogP contribution in [0, 0.1) is 6.92 Å². The van der Waals surface area contributed by atoms with Crippen molar-refractivity contribution in [2.24, 2.45) is 0 Å². The Morgan fingerprint density at radius 1 is 1.48 bits per heavy atom. The van der Waals surface area contributed by atoms with E-state index in [1.54, 1.807) is 16.7 Å². The summed E-state index contributed by atoms with van der Waals surface area (Å²) >= 11 is 1.58. The molecule has 1 N–H and O–H groups in total. The molecular formula is C15H20N2O3S. The zero-order valence-corrected chi connectivity index (χ0v) is 13.1. The predicted octanol–water partition coefficient (Wildman–Crippen LogP) is 1.87. The largest absolute Gasteiger partial charge is 0.372 e. The molecule has 114 valence electrons. The minimum atomic E-state index is -0.427. The highest BCUT2D eigenvalue weighted by atomic mass is 32.2. The lowest BCUT2D eigenvalue weighted by Gasteiger charge is -2.23. The van der Waals surface area contributed by atoms with E-state index in [0.29, 0.717) is 18.2 Å². The number of carbonyl (C=O) groups is 2. The molecule has 0 unspecified atom stereocenters. The molecule has 1 aliphatic heterocycles. The van der Waals surface area contributed by atoms with E-state index in [2.05, 4.69) is 5.32 Å². The van der Waals surface area contributed by atoms with Gasteiger partial charge in [0.05, 0.1) is 5.88 Å². The van der Waals surface area contributed by atoms with Gasteiger partial charge in [-0.05, 0) is 31.5 Å². The van der Waals surface area contributed by atoms with Crippen molar-refractivity contribution in [3.63, 3.8) is 0 Å². The topological polar surface area (TPSA) is 58.6 Å². The lowest BCUT2D eigenvalue weighted by atomic mass is 10.2. The van der Waals surface area contributed by atoms with E-state index < -0.39 is 6.04 Å². The van der Waals surface area contributed by atoms with Crippen LogP contribution in [0.5, 0.6) is 0 Å². The van der Waals surface area contributed by atoms with Gasteiger partial charge in [-0.3, -0.25) is 9.59 Å². The Bertz CT molecular complexity index is 521. The summed E-state index contributed by atoms with van der Waals surface area (Å²) in [6, 6.07) is 7.19. The number of nitrogens with zero attached hydrogens (tertiary/aromatic N) is 1. The van der Waals surface area contributed by atoms with Crippen LogP contribution in [0.15, 0.2) is 24.3 Å². The molecule has 0 aliphatic carbocycles. The first-order valence-electron chi connectivity index (χ1n) is 6.94. The number of hydrogen-bond donors (Lipinski definition) is 1. The summed E-state index contributed by atoms with van der Waals surface area (Å²) < 4.78 is 5.14. The molecular weight excluding hydrogens is 288 g/mol. The highest BCUT2D eigenvalue weighted by Gasteiger charge is 2.34. The highest BCUT2D eigenvalue weighted by Crippen LogP contribution is 2.22. The van der Waals surface area contributed by atoms with Crippen molar-refractivity contribution in [3.05, 3.63) is 29.8 Å². The minimum absolute atomic E-state index is 0.0330. The summed E-state index contributed by atoms with van der Waals surface area (Å²) in [5.41, 5.74) is 1.84. The van der Waals surface area contributed by atoms with Crippen molar-refractivity contribution < 1.29 is 14.3 Å². The van der Waals surface area contributed by atoms with Gasteiger partial charge in [-0.2, -0.15) is 0 Å². The lowest BCUT2D eigenvalue weighted by Crippen LogP contribution is -2.45. The smallest absolute Gasteiger partial charge is 0.249 e. The van der Waals surface area contributed by atoms with Crippen LogP contribution in [-0.4, -0.2) is 47.6 Å². The Morgan fingerprint density at radius 2 is 2.29 bits per heavy atom. The molecule has 0 spiro atoms. The van der Waals surface area contributed by atoms with Crippen LogP contribution < -0.4 is 5.32 Å². The van der Waals surface area contributed by atoms with Gasteiger partial charge in [-0.1, -0.05) is 12.1 Å². The first-order valence-corrected chi connectivity index (χ1v) is 8.09. The van der Waals surface area contributed by atoms with Crippen LogP contribution in [0.3, 0.4) is 0 Å². The number of aryl methyl sites for hydroxylation is 1. The van der Waals surface area contributed by atoms with Gasteiger partial charge in [0, 0.05) is 18.0 Å². The van der Waals surface area contributed by atoms with Crippen molar-refractivity contribution in [2.75, 3.05) is 30.2 Å². The number of benzene rings is 1. The van der Waals surface area contributed by atoms with E-state index in [-0.39, 0.29) is 18.4 Å². The Kier molecular flexibility index (Phi) is 5.64. The Balaban J connectivity index is 1.99. The maximum Gasteiger partial charge on any atom is 0.249 e. The molecule has 5 nitrogen and oxygen atoms in total. The summed E-state index contributed by atoms with van der Waals surface area (Å²) in [6.45, 7) is 4.34. The van der Waals surface area contributed by atoms with Crippen molar-refractivity contribution in [2.45, 2.75) is 19.9 Å². The van der Waals surface area contributed by atoms with Crippen LogP contribution in [0.4, 0.5) is 5.69 Å². The van der Waals surface area contributed by atoms with Crippen LogP contribution in [-0.2, 0) is 14.3 Å². The molecule has 1 heterocycles. The highest BCUT2D eigenvalue weighted by molar-refractivity contribution is 7.99. The van der Waals surface area contributed by atoms with Crippen molar-refractivity contribution in [1.29, 1.82) is 0 Å². The number of anilines is 1. The van der Waals surface area contributed by atoms with Gasteiger partial charge in [0.2, 0.25) is 11.8 Å². The fourth-order valence-corrected chi connectivity index (χ4v) is 3.31. The van der Waals surface area contributed by atoms with E-state index in [1.165, 1.54) is 0 Å². The van der Waals surface area contributed by atoms with Crippen LogP contribution in [0.1, 0.15) is 12.5 Å². The number of hydrogen-bond acceptors (Lipinski definition) is 4. The average Bonchev–Trinajstić information content (AvgIpc) is 2.94. The minimum Gasteiger partial charge on any atom is -0.372 e. The molecule has 21 heavy (non-hydrogen) atoms. The lowest BCUT2D eigenvalue weighted by molar-refractivity contribution is -0.140. The summed E-state index contributed by atoms with van der Waals surface area (Å²) in [7, 11) is 0. The molecule has 1 fully saturated rings. The normalized spacial score (nSPS) is 17.8. The number of rotatable bonds is 5. The monoisotopic (exact) mass is 308 g/mol. The molecule has 1 saturated heterocycles. The predicted molar refractivity (Wildman–Crippen MR) is 84.3 cm³/mol. The molecule has 1 atom stereocenters. The Morgan fingerprint density at radius 3 is 3.00 bits per heavy atom. The van der Waals surface area contributed by atoms with Crippen molar-refractivity contribution in [3.8, 4) is 0 Å². The number of thioether (sulfide) groups is 1. The summed E-state index contributed by atoms with van der Waals surface area (Å²) in [6.07, 6.45) is 0. The summed E-state index contributed by atoms with van der Waals surface area (Å²) in [4.78, 5) is 26.0. The third-order valence-corrected chi connectivity index (χ3v) is 4.23. The number of carbonyl (C=O) groups excluding carboxylic acids is 2.